The first-order valence-electron chi connectivity index (χ1n) is 22.7. The zero-order chi connectivity index (χ0) is 43.0. The summed E-state index contributed by atoms with van der Waals surface area (Å²) in [7, 11) is 0. The smallest absolute Gasteiger partial charge is 0.306 e. The van der Waals surface area contributed by atoms with Crippen molar-refractivity contribution in [3.63, 3.8) is 0 Å². The Hall–Kier alpha value is -4.45. The highest BCUT2D eigenvalue weighted by Gasteiger charge is 2.19. The highest BCUT2D eigenvalue weighted by molar-refractivity contribution is 5.71. The molecule has 0 saturated carbocycles. The standard InChI is InChI=1S/C53H80O6/c1-4-7-10-13-15-17-19-21-22-23-24-25-26-27-28-29-30-32-33-35-37-40-43-46-52(55)58-49-50(48-57-51(54)45-42-39-12-9-6-3)59-53(56)47-44-41-38-36-34-31-20-18-16-14-11-8-5-2/h7-8,10-11,15-18,21-22,24-25,27-28,30-32,34-35,37-38,41,50H,4-6,9,12-14,19-20,23,26,29,33,36,39-40,42-49H2,1-3H3/b10-7-,11-8-,17-15-,18-16-,22-21-,25-24-,28-27-,32-30-,34-31-,37-35-,41-38-. The second-order valence-electron chi connectivity index (χ2n) is 14.2. The van der Waals surface area contributed by atoms with Crippen LogP contribution in [0.3, 0.4) is 0 Å². The Kier molecular flexibility index (Phi) is 42.8. The number of hydrogen-bond acceptors (Lipinski definition) is 6. The minimum atomic E-state index is -0.839. The summed E-state index contributed by atoms with van der Waals surface area (Å²) >= 11 is 0. The van der Waals surface area contributed by atoms with Gasteiger partial charge < -0.3 is 14.2 Å². The van der Waals surface area contributed by atoms with E-state index in [1.54, 1.807) is 0 Å². The maximum atomic E-state index is 12.6. The molecule has 0 aromatic carbocycles. The van der Waals surface area contributed by atoms with Crippen LogP contribution in [0.25, 0.3) is 0 Å². The van der Waals surface area contributed by atoms with Gasteiger partial charge >= 0.3 is 17.9 Å². The molecule has 328 valence electrons. The van der Waals surface area contributed by atoms with Gasteiger partial charge in [0.1, 0.15) is 13.2 Å². The topological polar surface area (TPSA) is 78.9 Å². The number of carbonyl (C=O) groups excluding carboxylic acids is 3. The molecule has 0 N–H and O–H groups in total. The Balaban J connectivity index is 4.41. The van der Waals surface area contributed by atoms with Gasteiger partial charge in [0.2, 0.25) is 0 Å². The average molecular weight is 813 g/mol. The maximum Gasteiger partial charge on any atom is 0.306 e. The summed E-state index contributed by atoms with van der Waals surface area (Å²) in [6.45, 7) is 6.16. The van der Waals surface area contributed by atoms with Crippen molar-refractivity contribution < 1.29 is 28.6 Å². The molecule has 0 aliphatic carbocycles. The van der Waals surface area contributed by atoms with Gasteiger partial charge in [0.15, 0.2) is 6.10 Å². The second-order valence-corrected chi connectivity index (χ2v) is 14.2. The lowest BCUT2D eigenvalue weighted by Gasteiger charge is -2.18. The van der Waals surface area contributed by atoms with Crippen molar-refractivity contribution in [2.75, 3.05) is 13.2 Å². The molecule has 0 spiro atoms. The van der Waals surface area contributed by atoms with E-state index in [0.29, 0.717) is 19.3 Å². The summed E-state index contributed by atoms with van der Waals surface area (Å²) in [6.07, 6.45) is 64.9. The summed E-state index contributed by atoms with van der Waals surface area (Å²) in [6, 6.07) is 0. The van der Waals surface area contributed by atoms with Crippen LogP contribution >= 0.6 is 0 Å². The molecule has 1 unspecified atom stereocenters. The number of allylic oxidation sites excluding steroid dienone is 22. The molecular weight excluding hydrogens is 733 g/mol. The first-order valence-corrected chi connectivity index (χ1v) is 22.7. The Morgan fingerprint density at radius 2 is 0.695 bits per heavy atom. The lowest BCUT2D eigenvalue weighted by molar-refractivity contribution is -0.166. The van der Waals surface area contributed by atoms with Gasteiger partial charge in [-0.3, -0.25) is 14.4 Å². The molecule has 59 heavy (non-hydrogen) atoms. The predicted molar refractivity (Wildman–Crippen MR) is 251 cm³/mol. The largest absolute Gasteiger partial charge is 0.462 e. The first kappa shape index (κ1) is 54.6. The zero-order valence-corrected chi connectivity index (χ0v) is 37.2. The van der Waals surface area contributed by atoms with E-state index in [-0.39, 0.29) is 38.0 Å². The fourth-order valence-corrected chi connectivity index (χ4v) is 5.32. The maximum absolute atomic E-state index is 12.6. The van der Waals surface area contributed by atoms with Gasteiger partial charge in [-0.1, -0.05) is 180 Å². The van der Waals surface area contributed by atoms with Crippen molar-refractivity contribution >= 4 is 17.9 Å². The molecule has 0 rings (SSSR count). The number of esters is 3. The molecule has 0 aromatic heterocycles. The Labute approximate surface area is 360 Å². The number of ether oxygens (including phenoxy) is 3. The fourth-order valence-electron chi connectivity index (χ4n) is 5.32. The van der Waals surface area contributed by atoms with E-state index in [9.17, 15) is 14.4 Å². The van der Waals surface area contributed by atoms with Gasteiger partial charge in [-0.25, -0.2) is 0 Å². The van der Waals surface area contributed by atoms with Crippen molar-refractivity contribution in [3.8, 4) is 0 Å². The van der Waals surface area contributed by atoms with Crippen LogP contribution < -0.4 is 0 Å². The molecule has 0 aromatic rings. The SMILES string of the molecule is CC/C=C\C/C=C\C/C=C\C/C=C\C/C=C\C/C=C\C/C=C\CCCC(=O)OCC(COC(=O)CCCCCCC)OC(=O)CC/C=C\C/C=C\C/C=C\C/C=C\CC. The van der Waals surface area contributed by atoms with Crippen LogP contribution in [-0.2, 0) is 28.6 Å². The zero-order valence-electron chi connectivity index (χ0n) is 37.2. The van der Waals surface area contributed by atoms with Gasteiger partial charge in [0, 0.05) is 19.3 Å². The molecule has 0 bridgehead atoms. The van der Waals surface area contributed by atoms with E-state index in [2.05, 4.69) is 142 Å². The van der Waals surface area contributed by atoms with E-state index in [4.69, 9.17) is 14.2 Å². The van der Waals surface area contributed by atoms with Gasteiger partial charge in [-0.2, -0.15) is 0 Å². The van der Waals surface area contributed by atoms with Crippen molar-refractivity contribution in [1.82, 2.24) is 0 Å². The quantitative estimate of drug-likeness (QED) is 0.0267. The molecule has 0 saturated heterocycles. The van der Waals surface area contributed by atoms with Gasteiger partial charge in [-0.15, -0.1) is 0 Å². The van der Waals surface area contributed by atoms with E-state index in [0.717, 1.165) is 109 Å². The summed E-state index contributed by atoms with van der Waals surface area (Å²) in [4.78, 5) is 37.4. The van der Waals surface area contributed by atoms with Gasteiger partial charge in [0.25, 0.3) is 0 Å². The molecule has 0 heterocycles. The lowest BCUT2D eigenvalue weighted by atomic mass is 10.1. The Bertz CT molecular complexity index is 1350. The van der Waals surface area contributed by atoms with E-state index in [1.807, 2.05) is 12.2 Å². The number of hydrogen-bond donors (Lipinski definition) is 0. The third kappa shape index (κ3) is 44.5. The van der Waals surface area contributed by atoms with Crippen LogP contribution in [0.15, 0.2) is 134 Å². The fraction of sp³-hybridized carbons (Fsp3) is 0.528. The molecule has 0 aliphatic heterocycles. The van der Waals surface area contributed by atoms with Gasteiger partial charge in [-0.05, 0) is 96.3 Å². The number of unbranched alkanes of at least 4 members (excludes halogenated alkanes) is 5. The molecule has 6 nitrogen and oxygen atoms in total. The number of rotatable bonds is 38. The van der Waals surface area contributed by atoms with Crippen molar-refractivity contribution in [2.45, 2.75) is 168 Å². The monoisotopic (exact) mass is 813 g/mol. The van der Waals surface area contributed by atoms with E-state index >= 15 is 0 Å². The summed E-state index contributed by atoms with van der Waals surface area (Å²) in [5, 5.41) is 0. The Morgan fingerprint density at radius 1 is 0.356 bits per heavy atom. The lowest BCUT2D eigenvalue weighted by Crippen LogP contribution is -2.30. The van der Waals surface area contributed by atoms with Crippen molar-refractivity contribution in [3.05, 3.63) is 134 Å². The molecule has 0 amide bonds. The van der Waals surface area contributed by atoms with Crippen molar-refractivity contribution in [1.29, 1.82) is 0 Å². The van der Waals surface area contributed by atoms with E-state index < -0.39 is 12.1 Å². The molecule has 0 aliphatic rings. The molecule has 6 heteroatoms. The molecular formula is C53H80O6. The predicted octanol–water partition coefficient (Wildman–Crippen LogP) is 14.7. The van der Waals surface area contributed by atoms with Crippen molar-refractivity contribution in [2.24, 2.45) is 0 Å². The van der Waals surface area contributed by atoms with Crippen LogP contribution in [-0.4, -0.2) is 37.2 Å². The second kappa shape index (κ2) is 46.2. The summed E-state index contributed by atoms with van der Waals surface area (Å²) in [5.41, 5.74) is 0. The highest BCUT2D eigenvalue weighted by atomic mass is 16.6. The minimum Gasteiger partial charge on any atom is -0.462 e. The van der Waals surface area contributed by atoms with Crippen LogP contribution in [0.5, 0.6) is 0 Å². The average Bonchev–Trinajstić information content (AvgIpc) is 3.23. The summed E-state index contributed by atoms with van der Waals surface area (Å²) in [5.74, 6) is -1.11. The molecule has 1 atom stereocenters. The van der Waals surface area contributed by atoms with Crippen LogP contribution in [0.2, 0.25) is 0 Å². The number of carbonyl (C=O) groups is 3. The normalized spacial score (nSPS) is 13.3. The van der Waals surface area contributed by atoms with E-state index in [1.165, 1.54) is 0 Å². The van der Waals surface area contributed by atoms with Crippen LogP contribution in [0.1, 0.15) is 162 Å². The van der Waals surface area contributed by atoms with Gasteiger partial charge in [0.05, 0.1) is 0 Å². The highest BCUT2D eigenvalue weighted by Crippen LogP contribution is 2.09. The first-order chi connectivity index (χ1) is 29.0. The van der Waals surface area contributed by atoms with Crippen LogP contribution in [0.4, 0.5) is 0 Å². The van der Waals surface area contributed by atoms with Crippen LogP contribution in [0, 0.1) is 0 Å². The molecule has 0 fully saturated rings. The third-order valence-electron chi connectivity index (χ3n) is 8.66. The Morgan fingerprint density at radius 3 is 1.08 bits per heavy atom. The third-order valence-corrected chi connectivity index (χ3v) is 8.66. The minimum absolute atomic E-state index is 0.131. The molecule has 0 radical (unpaired) electrons. The summed E-state index contributed by atoms with van der Waals surface area (Å²) < 4.78 is 16.4.